The highest BCUT2D eigenvalue weighted by molar-refractivity contribution is 5.83. The molecule has 5 heteroatoms. The zero-order valence-corrected chi connectivity index (χ0v) is 17.2. The van der Waals surface area contributed by atoms with E-state index in [0.717, 1.165) is 22.7 Å². The number of aryl methyl sites for hydroxylation is 2. The van der Waals surface area contributed by atoms with Crippen molar-refractivity contribution in [3.8, 4) is 5.75 Å². The molecule has 0 saturated heterocycles. The summed E-state index contributed by atoms with van der Waals surface area (Å²) in [5.74, 6) is 1.46. The van der Waals surface area contributed by atoms with Crippen LogP contribution in [0.25, 0.3) is 10.8 Å². The first-order valence-corrected chi connectivity index (χ1v) is 10.0. The molecular formula is C25H25N3O2. The smallest absolute Gasteiger partial charge is 0.221 e. The number of carbonyl (C=O) groups is 1. The maximum absolute atomic E-state index is 12.9. The third-order valence-electron chi connectivity index (χ3n) is 5.33. The van der Waals surface area contributed by atoms with Gasteiger partial charge in [0, 0.05) is 31.4 Å². The zero-order valence-electron chi connectivity index (χ0n) is 17.2. The molecule has 30 heavy (non-hydrogen) atoms. The lowest BCUT2D eigenvalue weighted by Crippen LogP contribution is -2.31. The number of para-hydroxylation sites is 1. The topological polar surface area (TPSA) is 56.1 Å². The van der Waals surface area contributed by atoms with E-state index in [9.17, 15) is 4.79 Å². The predicted molar refractivity (Wildman–Crippen MR) is 118 cm³/mol. The molecule has 1 heterocycles. The molecule has 0 aliphatic rings. The van der Waals surface area contributed by atoms with Crippen molar-refractivity contribution in [2.24, 2.45) is 7.05 Å². The minimum Gasteiger partial charge on any atom is -0.496 e. The molecule has 1 aromatic heterocycles. The lowest BCUT2D eigenvalue weighted by atomic mass is 10.0. The fourth-order valence-electron chi connectivity index (χ4n) is 3.73. The van der Waals surface area contributed by atoms with Crippen molar-refractivity contribution in [3.63, 3.8) is 0 Å². The summed E-state index contributed by atoms with van der Waals surface area (Å²) in [4.78, 5) is 17.3. The van der Waals surface area contributed by atoms with Gasteiger partial charge < -0.3 is 14.6 Å². The van der Waals surface area contributed by atoms with Gasteiger partial charge in [-0.15, -0.1) is 0 Å². The molecule has 0 fully saturated rings. The van der Waals surface area contributed by atoms with Gasteiger partial charge in [0.1, 0.15) is 17.6 Å². The fourth-order valence-corrected chi connectivity index (χ4v) is 3.73. The van der Waals surface area contributed by atoms with Crippen LogP contribution < -0.4 is 10.1 Å². The van der Waals surface area contributed by atoms with Crippen LogP contribution in [0.2, 0.25) is 0 Å². The molecule has 0 saturated carbocycles. The average Bonchev–Trinajstić information content (AvgIpc) is 3.21. The summed E-state index contributed by atoms with van der Waals surface area (Å²) < 4.78 is 7.45. The van der Waals surface area contributed by atoms with Crippen LogP contribution in [0.15, 0.2) is 79.1 Å². The SMILES string of the molecule is COc1ccccc1C(NC(=O)CCc1ccc2ccccc2c1)c1nccn1C. The number of hydrogen-bond donors (Lipinski definition) is 1. The number of benzene rings is 3. The van der Waals surface area contributed by atoms with Gasteiger partial charge in [0.25, 0.3) is 0 Å². The van der Waals surface area contributed by atoms with E-state index in [1.807, 2.05) is 54.2 Å². The minimum absolute atomic E-state index is 0.0259. The Morgan fingerprint density at radius 3 is 2.60 bits per heavy atom. The summed E-state index contributed by atoms with van der Waals surface area (Å²) in [6.07, 6.45) is 4.68. The van der Waals surface area contributed by atoms with Gasteiger partial charge >= 0.3 is 0 Å². The number of nitrogens with one attached hydrogen (secondary N) is 1. The third kappa shape index (κ3) is 4.20. The molecule has 4 aromatic rings. The van der Waals surface area contributed by atoms with Gasteiger partial charge in [-0.1, -0.05) is 60.7 Å². The van der Waals surface area contributed by atoms with Crippen molar-refractivity contribution in [3.05, 3.63) is 96.1 Å². The van der Waals surface area contributed by atoms with Gasteiger partial charge in [0.05, 0.1) is 7.11 Å². The van der Waals surface area contributed by atoms with Crippen LogP contribution in [0.5, 0.6) is 5.75 Å². The Kier molecular flexibility index (Phi) is 5.80. The van der Waals surface area contributed by atoms with E-state index in [4.69, 9.17) is 4.74 Å². The standard InChI is InChI=1S/C25H25N3O2/c1-28-16-15-26-25(28)24(21-9-5-6-10-22(21)30-2)27-23(29)14-12-18-11-13-19-7-3-4-8-20(19)17-18/h3-11,13,15-17,24H,12,14H2,1-2H3,(H,27,29). The molecule has 1 atom stereocenters. The highest BCUT2D eigenvalue weighted by Crippen LogP contribution is 2.29. The van der Waals surface area contributed by atoms with E-state index in [-0.39, 0.29) is 11.9 Å². The van der Waals surface area contributed by atoms with Crippen molar-refractivity contribution >= 4 is 16.7 Å². The van der Waals surface area contributed by atoms with Crippen molar-refractivity contribution in [1.29, 1.82) is 0 Å². The summed E-state index contributed by atoms with van der Waals surface area (Å²) in [5.41, 5.74) is 2.03. The first-order valence-electron chi connectivity index (χ1n) is 10.0. The number of imidazole rings is 1. The van der Waals surface area contributed by atoms with Crippen LogP contribution in [-0.2, 0) is 18.3 Å². The average molecular weight is 399 g/mol. The van der Waals surface area contributed by atoms with Crippen LogP contribution in [0.3, 0.4) is 0 Å². The second kappa shape index (κ2) is 8.82. The molecule has 0 spiro atoms. The van der Waals surface area contributed by atoms with Crippen molar-refractivity contribution in [2.45, 2.75) is 18.9 Å². The number of nitrogens with zero attached hydrogens (tertiary/aromatic N) is 2. The van der Waals surface area contributed by atoms with Crippen molar-refractivity contribution in [2.75, 3.05) is 7.11 Å². The highest BCUT2D eigenvalue weighted by Gasteiger charge is 2.23. The van der Waals surface area contributed by atoms with Gasteiger partial charge in [-0.05, 0) is 28.8 Å². The van der Waals surface area contributed by atoms with E-state index in [1.54, 1.807) is 13.3 Å². The largest absolute Gasteiger partial charge is 0.496 e. The molecular weight excluding hydrogens is 374 g/mol. The molecule has 0 radical (unpaired) electrons. The first-order chi connectivity index (χ1) is 14.7. The molecule has 0 aliphatic carbocycles. The van der Waals surface area contributed by atoms with Crippen LogP contribution >= 0.6 is 0 Å². The van der Waals surface area contributed by atoms with E-state index >= 15 is 0 Å². The maximum Gasteiger partial charge on any atom is 0.221 e. The fraction of sp³-hybridized carbons (Fsp3) is 0.200. The van der Waals surface area contributed by atoms with Gasteiger partial charge in [0.15, 0.2) is 0 Å². The van der Waals surface area contributed by atoms with E-state index in [0.29, 0.717) is 12.8 Å². The Labute approximate surface area is 176 Å². The minimum atomic E-state index is -0.384. The Hall–Kier alpha value is -3.60. The zero-order chi connectivity index (χ0) is 20.9. The van der Waals surface area contributed by atoms with E-state index in [2.05, 4.69) is 40.6 Å². The van der Waals surface area contributed by atoms with Gasteiger partial charge in [-0.3, -0.25) is 4.79 Å². The van der Waals surface area contributed by atoms with Crippen molar-refractivity contribution in [1.82, 2.24) is 14.9 Å². The van der Waals surface area contributed by atoms with E-state index < -0.39 is 0 Å². The van der Waals surface area contributed by atoms with Gasteiger partial charge in [-0.2, -0.15) is 0 Å². The molecule has 1 N–H and O–H groups in total. The number of amides is 1. The van der Waals surface area contributed by atoms with Gasteiger partial charge in [-0.25, -0.2) is 4.98 Å². The maximum atomic E-state index is 12.9. The van der Waals surface area contributed by atoms with Crippen LogP contribution in [0, 0.1) is 0 Å². The molecule has 152 valence electrons. The monoisotopic (exact) mass is 399 g/mol. The number of methoxy groups -OCH3 is 1. The van der Waals surface area contributed by atoms with Gasteiger partial charge in [0.2, 0.25) is 5.91 Å². The number of ether oxygens (including phenoxy) is 1. The Morgan fingerprint density at radius 2 is 1.83 bits per heavy atom. The Morgan fingerprint density at radius 1 is 1.07 bits per heavy atom. The van der Waals surface area contributed by atoms with E-state index in [1.165, 1.54) is 10.8 Å². The first kappa shape index (κ1) is 19.7. The molecule has 1 amide bonds. The predicted octanol–water partition coefficient (Wildman–Crippen LogP) is 4.42. The molecule has 1 unspecified atom stereocenters. The number of hydrogen-bond acceptors (Lipinski definition) is 3. The highest BCUT2D eigenvalue weighted by atomic mass is 16.5. The quantitative estimate of drug-likeness (QED) is 0.500. The second-order valence-electron chi connectivity index (χ2n) is 7.32. The summed E-state index contributed by atoms with van der Waals surface area (Å²) in [7, 11) is 3.56. The molecule has 4 rings (SSSR count). The Balaban J connectivity index is 1.52. The van der Waals surface area contributed by atoms with Crippen LogP contribution in [0.1, 0.15) is 29.4 Å². The summed E-state index contributed by atoms with van der Waals surface area (Å²) in [6, 6.07) is 21.9. The summed E-state index contributed by atoms with van der Waals surface area (Å²) in [5, 5.41) is 5.55. The molecule has 0 bridgehead atoms. The number of rotatable bonds is 7. The third-order valence-corrected chi connectivity index (χ3v) is 5.33. The number of fused-ring (bicyclic) bond motifs is 1. The molecule has 0 aliphatic heterocycles. The lowest BCUT2D eigenvalue weighted by Gasteiger charge is -2.21. The lowest BCUT2D eigenvalue weighted by molar-refractivity contribution is -0.121. The number of aromatic nitrogens is 2. The van der Waals surface area contributed by atoms with Crippen LogP contribution in [-0.4, -0.2) is 22.6 Å². The molecule has 3 aromatic carbocycles. The molecule has 5 nitrogen and oxygen atoms in total. The van der Waals surface area contributed by atoms with Crippen LogP contribution in [0.4, 0.5) is 0 Å². The van der Waals surface area contributed by atoms with Crippen molar-refractivity contribution < 1.29 is 9.53 Å². The normalized spacial score (nSPS) is 11.9. The summed E-state index contributed by atoms with van der Waals surface area (Å²) >= 11 is 0. The Bertz CT molecular complexity index is 1170. The second-order valence-corrected chi connectivity index (χ2v) is 7.32. The summed E-state index contributed by atoms with van der Waals surface area (Å²) in [6.45, 7) is 0. The number of carbonyl (C=O) groups excluding carboxylic acids is 1.